The number of cyclic esters (lactones) is 1. The zero-order valence-corrected chi connectivity index (χ0v) is 29.2. The number of benzene rings is 1. The second kappa shape index (κ2) is 13.4. The molecule has 14 atom stereocenters. The number of ether oxygens (including phenoxy) is 5. The van der Waals surface area contributed by atoms with E-state index >= 15 is 0 Å². The van der Waals surface area contributed by atoms with E-state index in [4.69, 9.17) is 23.7 Å². The van der Waals surface area contributed by atoms with Crippen molar-refractivity contribution < 1.29 is 58.6 Å². The molecule has 14 heteroatoms. The Balaban J connectivity index is 1.13. The molecule has 0 aromatic heterocycles. The quantitative estimate of drug-likeness (QED) is 0.138. The number of hydrogen-bond donors (Lipinski definition) is 4. The van der Waals surface area contributed by atoms with Gasteiger partial charge in [0.05, 0.1) is 28.3 Å². The molecule has 1 saturated heterocycles. The molecule has 0 amide bonds. The highest BCUT2D eigenvalue weighted by molar-refractivity contribution is 5.85. The van der Waals surface area contributed by atoms with Crippen LogP contribution in [0.5, 0.6) is 0 Å². The lowest BCUT2D eigenvalue weighted by molar-refractivity contribution is -0.385. The average molecular weight is 716 g/mol. The first-order valence-corrected chi connectivity index (χ1v) is 18.2. The Morgan fingerprint density at radius 2 is 1.78 bits per heavy atom. The minimum Gasteiger partial charge on any atom is -0.458 e. The molecule has 2 heterocycles. The summed E-state index contributed by atoms with van der Waals surface area (Å²) in [7, 11) is 0. The van der Waals surface area contributed by atoms with Gasteiger partial charge < -0.3 is 44.1 Å². The predicted octanol–water partition coefficient (Wildman–Crippen LogP) is 3.70. The molecular formula is C37H49NO13. The van der Waals surface area contributed by atoms with E-state index in [1.807, 2.05) is 6.92 Å². The molecule has 2 aliphatic heterocycles. The topological polar surface area (TPSA) is 204 Å². The molecule has 0 radical (unpaired) electrons. The molecule has 4 saturated carbocycles. The van der Waals surface area contributed by atoms with Gasteiger partial charge in [0.25, 0.3) is 5.69 Å². The lowest BCUT2D eigenvalue weighted by Gasteiger charge is -2.65. The molecule has 7 rings (SSSR count). The maximum absolute atomic E-state index is 13.5. The van der Waals surface area contributed by atoms with E-state index in [-0.39, 0.29) is 59.7 Å². The molecule has 4 N–H and O–H groups in total. The maximum atomic E-state index is 13.5. The second-order valence-electron chi connectivity index (χ2n) is 16.1. The molecule has 280 valence electrons. The number of esters is 1. The number of aliphatic hydroxyl groups excluding tert-OH is 3. The molecular weight excluding hydrogens is 666 g/mol. The SMILES string of the molecule is C[C@@H]1O[C@@H](O[C@H]2CC[C@@]3(C)[C@H](CC[C@@H]4[C@@H]3C[C@@H](OC(=O)OCc3ccccc3[N+](=O)[O-])[C@]3(C)[C@@H](C5=CC(=O)OC5)CC[C@]43O)C2)[C@H](O)[C@H](O)[C@H]1O. The molecule has 0 unspecified atom stereocenters. The van der Waals surface area contributed by atoms with Crippen LogP contribution in [0.2, 0.25) is 0 Å². The van der Waals surface area contributed by atoms with Gasteiger partial charge in [-0.05, 0) is 99.0 Å². The number of para-hydroxylation sites is 1. The number of aliphatic hydroxyl groups is 4. The van der Waals surface area contributed by atoms with E-state index in [0.29, 0.717) is 32.1 Å². The Morgan fingerprint density at radius 1 is 1.02 bits per heavy atom. The van der Waals surface area contributed by atoms with Crippen molar-refractivity contribution >= 4 is 17.8 Å². The number of carbonyl (C=O) groups is 2. The zero-order chi connectivity index (χ0) is 36.5. The molecule has 51 heavy (non-hydrogen) atoms. The van der Waals surface area contributed by atoms with Gasteiger partial charge in [0.1, 0.15) is 37.6 Å². The summed E-state index contributed by atoms with van der Waals surface area (Å²) in [6, 6.07) is 6.02. The Kier molecular flexibility index (Phi) is 9.50. The van der Waals surface area contributed by atoms with Crippen LogP contribution in [0.25, 0.3) is 0 Å². The van der Waals surface area contributed by atoms with Gasteiger partial charge in [-0.1, -0.05) is 26.0 Å². The van der Waals surface area contributed by atoms with Crippen molar-refractivity contribution in [3.05, 3.63) is 51.6 Å². The summed E-state index contributed by atoms with van der Waals surface area (Å²) < 4.78 is 28.9. The minimum absolute atomic E-state index is 0.0361. The number of carbonyl (C=O) groups excluding carboxylic acids is 2. The van der Waals surface area contributed by atoms with E-state index in [9.17, 15) is 40.1 Å². The third kappa shape index (κ3) is 5.95. The number of fused-ring (bicyclic) bond motifs is 5. The van der Waals surface area contributed by atoms with Crippen LogP contribution in [0.1, 0.15) is 77.7 Å². The van der Waals surface area contributed by atoms with Gasteiger partial charge in [0.15, 0.2) is 6.29 Å². The fraction of sp³-hybridized carbons (Fsp3) is 0.730. The molecule has 1 aromatic rings. The van der Waals surface area contributed by atoms with E-state index in [0.717, 1.165) is 24.8 Å². The van der Waals surface area contributed by atoms with Crippen molar-refractivity contribution in [1.82, 2.24) is 0 Å². The summed E-state index contributed by atoms with van der Waals surface area (Å²) in [5.41, 5.74) is -1.63. The molecule has 4 aliphatic carbocycles. The van der Waals surface area contributed by atoms with E-state index < -0.39 is 64.9 Å². The van der Waals surface area contributed by atoms with Gasteiger partial charge in [-0.15, -0.1) is 0 Å². The van der Waals surface area contributed by atoms with Gasteiger partial charge in [0, 0.05) is 17.6 Å². The molecule has 1 aromatic carbocycles. The highest BCUT2D eigenvalue weighted by Crippen LogP contribution is 2.70. The Bertz CT molecular complexity index is 1570. The van der Waals surface area contributed by atoms with Crippen LogP contribution in [0.3, 0.4) is 0 Å². The van der Waals surface area contributed by atoms with Crippen molar-refractivity contribution in [3.63, 3.8) is 0 Å². The number of nitrogens with zero attached hydrogens (tertiary/aromatic N) is 1. The standard InChI is InChI=1S/C37H49NO13/c1-19-30(40)31(41)32(42)33(49-19)50-23-10-12-35(2)22(15-23)8-9-25-26(35)16-28(51-34(43)48-17-20-6-4-5-7-27(20)38(45)46)36(3)24(11-13-37(25,36)44)21-14-29(39)47-18-21/h4-7,14,19,22-26,28,30-33,40-42,44H,8-13,15-18H2,1-3H3/t19-,22+,23-,24+,25+,26-,28+,30-,31+,32+,33-,35-,36-,37-/m0/s1. The molecule has 0 spiro atoms. The molecule has 6 aliphatic rings. The van der Waals surface area contributed by atoms with E-state index in [1.54, 1.807) is 13.0 Å². The lowest BCUT2D eigenvalue weighted by atomic mass is 9.42. The van der Waals surface area contributed by atoms with Crippen LogP contribution in [0, 0.1) is 44.6 Å². The summed E-state index contributed by atoms with van der Waals surface area (Å²) in [5.74, 6) is -0.668. The second-order valence-corrected chi connectivity index (χ2v) is 16.1. The van der Waals surface area contributed by atoms with Crippen LogP contribution in [-0.4, -0.2) is 92.6 Å². The first kappa shape index (κ1) is 36.2. The number of hydrogen-bond acceptors (Lipinski definition) is 13. The zero-order valence-electron chi connectivity index (χ0n) is 29.2. The van der Waals surface area contributed by atoms with Crippen molar-refractivity contribution in [2.75, 3.05) is 6.61 Å². The van der Waals surface area contributed by atoms with Crippen LogP contribution >= 0.6 is 0 Å². The summed E-state index contributed by atoms with van der Waals surface area (Å²) >= 11 is 0. The smallest absolute Gasteiger partial charge is 0.458 e. The summed E-state index contributed by atoms with van der Waals surface area (Å²) in [4.78, 5) is 36.7. The molecule has 14 nitrogen and oxygen atoms in total. The highest BCUT2D eigenvalue weighted by atomic mass is 16.7. The Hall–Kier alpha value is -3.14. The fourth-order valence-electron chi connectivity index (χ4n) is 11.0. The van der Waals surface area contributed by atoms with Gasteiger partial charge >= 0.3 is 12.1 Å². The van der Waals surface area contributed by atoms with Gasteiger partial charge in [0.2, 0.25) is 0 Å². The third-order valence-corrected chi connectivity index (χ3v) is 13.9. The lowest BCUT2D eigenvalue weighted by Crippen LogP contribution is -2.67. The first-order chi connectivity index (χ1) is 24.2. The van der Waals surface area contributed by atoms with Gasteiger partial charge in [-0.3, -0.25) is 10.1 Å². The monoisotopic (exact) mass is 715 g/mol. The van der Waals surface area contributed by atoms with Crippen LogP contribution in [0.4, 0.5) is 10.5 Å². The number of rotatable bonds is 7. The summed E-state index contributed by atoms with van der Waals surface area (Å²) in [5, 5.41) is 55.5. The maximum Gasteiger partial charge on any atom is 0.508 e. The van der Waals surface area contributed by atoms with Crippen LogP contribution in [0.15, 0.2) is 35.9 Å². The summed E-state index contributed by atoms with van der Waals surface area (Å²) in [6.07, 6.45) is -1.18. The average Bonchev–Trinajstić information content (AvgIpc) is 3.65. The normalized spacial score (nSPS) is 44.7. The molecule has 5 fully saturated rings. The van der Waals surface area contributed by atoms with Gasteiger partial charge in [-0.2, -0.15) is 0 Å². The Morgan fingerprint density at radius 3 is 2.51 bits per heavy atom. The van der Waals surface area contributed by atoms with Crippen LogP contribution in [-0.2, 0) is 35.1 Å². The fourth-order valence-corrected chi connectivity index (χ4v) is 11.0. The third-order valence-electron chi connectivity index (χ3n) is 13.9. The van der Waals surface area contributed by atoms with Crippen molar-refractivity contribution in [1.29, 1.82) is 0 Å². The van der Waals surface area contributed by atoms with Gasteiger partial charge in [-0.25, -0.2) is 9.59 Å². The first-order valence-electron chi connectivity index (χ1n) is 18.2. The van der Waals surface area contributed by atoms with E-state index in [1.165, 1.54) is 24.3 Å². The van der Waals surface area contributed by atoms with E-state index in [2.05, 4.69) is 6.92 Å². The highest BCUT2D eigenvalue weighted by Gasteiger charge is 2.72. The summed E-state index contributed by atoms with van der Waals surface area (Å²) in [6.45, 7) is 5.58. The predicted molar refractivity (Wildman–Crippen MR) is 176 cm³/mol. The number of nitro benzene ring substituents is 1. The van der Waals surface area contributed by atoms with Crippen molar-refractivity contribution in [3.8, 4) is 0 Å². The largest absolute Gasteiger partial charge is 0.508 e. The molecule has 0 bridgehead atoms. The van der Waals surface area contributed by atoms with Crippen molar-refractivity contribution in [2.24, 2.45) is 34.5 Å². The number of nitro groups is 1. The van der Waals surface area contributed by atoms with Crippen LogP contribution < -0.4 is 0 Å². The minimum atomic E-state index is -1.39. The van der Waals surface area contributed by atoms with Crippen molar-refractivity contribution in [2.45, 2.75) is 127 Å². The Labute approximate surface area is 296 Å².